The van der Waals surface area contributed by atoms with Crippen LogP contribution in [0.5, 0.6) is 0 Å². The molecule has 2 nitrogen and oxygen atoms in total. The van der Waals surface area contributed by atoms with Gasteiger partial charge in [-0.25, -0.2) is 0 Å². The Morgan fingerprint density at radius 1 is 1.67 bits per heavy atom. The van der Waals surface area contributed by atoms with Gasteiger partial charge in [0.15, 0.2) is 0 Å². The number of allylic oxidation sites excluding steroid dienone is 1. The van der Waals surface area contributed by atoms with Crippen LogP contribution in [0.1, 0.15) is 19.8 Å². The normalized spacial score (nSPS) is 13.4. The molecule has 0 aromatic heterocycles. The van der Waals surface area contributed by atoms with E-state index in [9.17, 15) is 0 Å². The van der Waals surface area contributed by atoms with Gasteiger partial charge in [-0.15, -0.1) is 0 Å². The predicted molar refractivity (Wildman–Crippen MR) is 35.7 cm³/mol. The van der Waals surface area contributed by atoms with Crippen molar-refractivity contribution < 1.29 is 5.11 Å². The second kappa shape index (κ2) is 5.33. The maximum absolute atomic E-state index is 8.67. The molecule has 0 fully saturated rings. The molecule has 2 heteroatoms. The highest BCUT2D eigenvalue weighted by molar-refractivity contribution is 4.91. The molecule has 0 aromatic carbocycles. The molecule has 0 radical (unpaired) electrons. The summed E-state index contributed by atoms with van der Waals surface area (Å²) in [6, 6.07) is 1.73. The summed E-state index contributed by atoms with van der Waals surface area (Å²) in [6.45, 7) is 2.01. The van der Waals surface area contributed by atoms with E-state index in [1.54, 1.807) is 6.07 Å². The fourth-order valence-electron chi connectivity index (χ4n) is 0.444. The maximum Gasteiger partial charge on any atom is 0.143 e. The van der Waals surface area contributed by atoms with Crippen LogP contribution >= 0.6 is 0 Å². The summed E-state index contributed by atoms with van der Waals surface area (Å²) in [5.41, 5.74) is 0. The molecule has 0 unspecified atom stereocenters. The topological polar surface area (TPSA) is 44.0 Å². The van der Waals surface area contributed by atoms with Crippen LogP contribution in [0, 0.1) is 11.3 Å². The molecule has 1 N–H and O–H groups in total. The van der Waals surface area contributed by atoms with Crippen LogP contribution in [0.2, 0.25) is 0 Å². The van der Waals surface area contributed by atoms with Gasteiger partial charge in [0.05, 0.1) is 6.07 Å². The molecule has 0 spiro atoms. The molecule has 1 atom stereocenters. The van der Waals surface area contributed by atoms with Crippen molar-refractivity contribution in [2.75, 3.05) is 0 Å². The van der Waals surface area contributed by atoms with Gasteiger partial charge in [-0.2, -0.15) is 5.26 Å². The molecule has 0 saturated carbocycles. The number of nitrogens with zero attached hydrogens (tertiary/aromatic N) is 1. The van der Waals surface area contributed by atoms with Crippen LogP contribution in [0.4, 0.5) is 0 Å². The van der Waals surface area contributed by atoms with Crippen molar-refractivity contribution in [3.05, 3.63) is 12.2 Å². The highest BCUT2D eigenvalue weighted by Crippen LogP contribution is 1.91. The standard InChI is InChI=1S/C7H11NO/c1-2-3-4-5-7(9)6-8/h3-4,7,9H,2,5H2,1H3/b4-3+/t7-/m1/s1. The number of nitriles is 1. The molecule has 0 heterocycles. The Hall–Kier alpha value is -0.810. The van der Waals surface area contributed by atoms with E-state index in [0.29, 0.717) is 6.42 Å². The Kier molecular flexibility index (Phi) is 4.85. The monoisotopic (exact) mass is 125 g/mol. The average Bonchev–Trinajstić information content (AvgIpc) is 1.89. The van der Waals surface area contributed by atoms with Gasteiger partial charge in [-0.05, 0) is 6.42 Å². The van der Waals surface area contributed by atoms with Gasteiger partial charge in [0, 0.05) is 6.42 Å². The summed E-state index contributed by atoms with van der Waals surface area (Å²) in [5.74, 6) is 0. The Morgan fingerprint density at radius 2 is 2.33 bits per heavy atom. The lowest BCUT2D eigenvalue weighted by atomic mass is 10.2. The van der Waals surface area contributed by atoms with Gasteiger partial charge in [-0.1, -0.05) is 19.1 Å². The lowest BCUT2D eigenvalue weighted by molar-refractivity contribution is 0.234. The lowest BCUT2D eigenvalue weighted by Gasteiger charge is -1.91. The fourth-order valence-corrected chi connectivity index (χ4v) is 0.444. The highest BCUT2D eigenvalue weighted by atomic mass is 16.3. The molecule has 0 aliphatic carbocycles. The van der Waals surface area contributed by atoms with Gasteiger partial charge < -0.3 is 5.11 Å². The van der Waals surface area contributed by atoms with Crippen LogP contribution in [0.3, 0.4) is 0 Å². The quantitative estimate of drug-likeness (QED) is 0.455. The molecule has 0 amide bonds. The Balaban J connectivity index is 3.29. The average molecular weight is 125 g/mol. The first kappa shape index (κ1) is 8.19. The summed E-state index contributed by atoms with van der Waals surface area (Å²) in [7, 11) is 0. The van der Waals surface area contributed by atoms with Crippen LogP contribution in [-0.2, 0) is 0 Å². The van der Waals surface area contributed by atoms with Gasteiger partial charge in [0.2, 0.25) is 0 Å². The van der Waals surface area contributed by atoms with Crippen molar-refractivity contribution in [2.24, 2.45) is 0 Å². The van der Waals surface area contributed by atoms with E-state index < -0.39 is 6.10 Å². The fraction of sp³-hybridized carbons (Fsp3) is 0.571. The third-order valence-corrected chi connectivity index (χ3v) is 0.911. The maximum atomic E-state index is 8.67. The molecule has 0 rings (SSSR count). The summed E-state index contributed by atoms with van der Waals surface area (Å²) in [6.07, 6.45) is 4.32. The number of rotatable bonds is 3. The smallest absolute Gasteiger partial charge is 0.143 e. The number of hydrogen-bond acceptors (Lipinski definition) is 2. The first-order valence-corrected chi connectivity index (χ1v) is 3.04. The Labute approximate surface area is 55.4 Å². The Morgan fingerprint density at radius 3 is 2.78 bits per heavy atom. The molecule has 0 saturated heterocycles. The van der Waals surface area contributed by atoms with Crippen LogP contribution in [0.25, 0.3) is 0 Å². The molecule has 50 valence electrons. The second-order valence-electron chi connectivity index (χ2n) is 1.76. The van der Waals surface area contributed by atoms with E-state index >= 15 is 0 Å². The minimum atomic E-state index is -0.826. The van der Waals surface area contributed by atoms with Crippen molar-refractivity contribution in [3.63, 3.8) is 0 Å². The molecule has 0 bridgehead atoms. The summed E-state index contributed by atoms with van der Waals surface area (Å²) >= 11 is 0. The van der Waals surface area contributed by atoms with E-state index in [0.717, 1.165) is 6.42 Å². The molecule has 0 aliphatic heterocycles. The highest BCUT2D eigenvalue weighted by Gasteiger charge is 1.93. The van der Waals surface area contributed by atoms with E-state index in [1.807, 2.05) is 19.1 Å². The minimum Gasteiger partial charge on any atom is -0.378 e. The van der Waals surface area contributed by atoms with Gasteiger partial charge >= 0.3 is 0 Å². The number of hydrogen-bond donors (Lipinski definition) is 1. The van der Waals surface area contributed by atoms with Crippen LogP contribution in [-0.4, -0.2) is 11.2 Å². The molecular formula is C7H11NO. The second-order valence-corrected chi connectivity index (χ2v) is 1.76. The largest absolute Gasteiger partial charge is 0.378 e. The molecule has 0 aliphatic rings. The number of aliphatic hydroxyl groups is 1. The molecular weight excluding hydrogens is 114 g/mol. The summed E-state index contributed by atoms with van der Waals surface area (Å²) in [5, 5.41) is 16.8. The van der Waals surface area contributed by atoms with Crippen LogP contribution < -0.4 is 0 Å². The first-order valence-electron chi connectivity index (χ1n) is 3.04. The van der Waals surface area contributed by atoms with Gasteiger partial charge in [-0.3, -0.25) is 0 Å². The van der Waals surface area contributed by atoms with Crippen molar-refractivity contribution >= 4 is 0 Å². The van der Waals surface area contributed by atoms with Crippen molar-refractivity contribution in [1.82, 2.24) is 0 Å². The first-order chi connectivity index (χ1) is 4.31. The third kappa shape index (κ3) is 5.05. The Bertz CT molecular complexity index is 123. The van der Waals surface area contributed by atoms with Gasteiger partial charge in [0.25, 0.3) is 0 Å². The molecule has 9 heavy (non-hydrogen) atoms. The zero-order chi connectivity index (χ0) is 7.11. The van der Waals surface area contributed by atoms with E-state index in [-0.39, 0.29) is 0 Å². The summed E-state index contributed by atoms with van der Waals surface area (Å²) < 4.78 is 0. The van der Waals surface area contributed by atoms with Crippen LogP contribution in [0.15, 0.2) is 12.2 Å². The predicted octanol–water partition coefficient (Wildman–Crippen LogP) is 1.23. The lowest BCUT2D eigenvalue weighted by Crippen LogP contribution is -1.98. The third-order valence-electron chi connectivity index (χ3n) is 0.911. The van der Waals surface area contributed by atoms with E-state index in [4.69, 9.17) is 10.4 Å². The zero-order valence-corrected chi connectivity index (χ0v) is 5.54. The minimum absolute atomic E-state index is 0.449. The molecule has 0 aromatic rings. The van der Waals surface area contributed by atoms with Crippen molar-refractivity contribution in [2.45, 2.75) is 25.9 Å². The number of aliphatic hydroxyl groups excluding tert-OH is 1. The van der Waals surface area contributed by atoms with E-state index in [2.05, 4.69) is 0 Å². The zero-order valence-electron chi connectivity index (χ0n) is 5.54. The van der Waals surface area contributed by atoms with E-state index in [1.165, 1.54) is 0 Å². The van der Waals surface area contributed by atoms with Crippen molar-refractivity contribution in [3.8, 4) is 6.07 Å². The summed E-state index contributed by atoms with van der Waals surface area (Å²) in [4.78, 5) is 0. The SMILES string of the molecule is CC/C=C/C[C@@H](O)C#N. The van der Waals surface area contributed by atoms with Crippen molar-refractivity contribution in [1.29, 1.82) is 5.26 Å². The van der Waals surface area contributed by atoms with Gasteiger partial charge in [0.1, 0.15) is 6.10 Å².